The maximum absolute atomic E-state index is 11.6. The van der Waals surface area contributed by atoms with Gasteiger partial charge in [0.15, 0.2) is 0 Å². The minimum absolute atomic E-state index is 0.256. The van der Waals surface area contributed by atoms with Crippen LogP contribution in [0.4, 0.5) is 0 Å². The summed E-state index contributed by atoms with van der Waals surface area (Å²) in [6.45, 7) is 0.540. The molecule has 0 bridgehead atoms. The third-order valence-electron chi connectivity index (χ3n) is 2.69. The Bertz CT molecular complexity index is 623. The number of thiophene rings is 1. The van der Waals surface area contributed by atoms with Crippen LogP contribution < -0.4 is 10.1 Å². The number of carbonyl (C=O) groups excluding carboxylic acids is 1. The van der Waals surface area contributed by atoms with Gasteiger partial charge in [0.1, 0.15) is 5.75 Å². The standard InChI is InChI=1S/C16H15NO2S/c1-19-15-7-3-2-5-13(15)10-11-17-16(18)9-8-14-6-4-12-20-14/h2-7,12H,10-11H2,1H3,(H,17,18). The van der Waals surface area contributed by atoms with E-state index in [1.165, 1.54) is 11.3 Å². The summed E-state index contributed by atoms with van der Waals surface area (Å²) in [4.78, 5) is 12.5. The highest BCUT2D eigenvalue weighted by molar-refractivity contribution is 7.10. The van der Waals surface area contributed by atoms with Crippen LogP contribution in [-0.2, 0) is 11.2 Å². The number of amides is 1. The Labute approximate surface area is 122 Å². The highest BCUT2D eigenvalue weighted by Crippen LogP contribution is 2.17. The van der Waals surface area contributed by atoms with E-state index in [1.54, 1.807) is 7.11 Å². The Morgan fingerprint density at radius 1 is 1.30 bits per heavy atom. The van der Waals surface area contributed by atoms with E-state index in [4.69, 9.17) is 4.74 Å². The smallest absolute Gasteiger partial charge is 0.296 e. The molecule has 0 atom stereocenters. The maximum atomic E-state index is 11.6. The molecule has 0 aliphatic heterocycles. The Balaban J connectivity index is 1.82. The van der Waals surface area contributed by atoms with Crippen LogP contribution in [0.5, 0.6) is 5.75 Å². The molecule has 3 nitrogen and oxygen atoms in total. The Morgan fingerprint density at radius 2 is 2.15 bits per heavy atom. The molecule has 1 N–H and O–H groups in total. The van der Waals surface area contributed by atoms with Gasteiger partial charge in [-0.25, -0.2) is 0 Å². The molecule has 2 aromatic rings. The van der Waals surface area contributed by atoms with Crippen LogP contribution in [0, 0.1) is 11.8 Å². The van der Waals surface area contributed by atoms with Crippen LogP contribution in [0.2, 0.25) is 0 Å². The molecule has 2 rings (SSSR count). The zero-order valence-corrected chi connectivity index (χ0v) is 12.0. The number of hydrogen-bond acceptors (Lipinski definition) is 3. The van der Waals surface area contributed by atoms with Crippen LogP contribution >= 0.6 is 11.3 Å². The summed E-state index contributed by atoms with van der Waals surface area (Å²) in [5.74, 6) is 5.99. The van der Waals surface area contributed by atoms with Crippen molar-refractivity contribution in [2.45, 2.75) is 6.42 Å². The largest absolute Gasteiger partial charge is 0.496 e. The SMILES string of the molecule is COc1ccccc1CCNC(=O)C#Cc1cccs1. The van der Waals surface area contributed by atoms with E-state index in [0.29, 0.717) is 6.54 Å². The van der Waals surface area contributed by atoms with Crippen LogP contribution in [0.15, 0.2) is 41.8 Å². The molecule has 0 saturated heterocycles. The molecule has 102 valence electrons. The average molecular weight is 285 g/mol. The summed E-state index contributed by atoms with van der Waals surface area (Å²) in [5, 5.41) is 4.72. The molecule has 1 amide bonds. The van der Waals surface area contributed by atoms with Gasteiger partial charge in [-0.05, 0) is 35.4 Å². The van der Waals surface area contributed by atoms with Crippen molar-refractivity contribution in [3.63, 3.8) is 0 Å². The molecule has 0 radical (unpaired) electrons. The molecule has 0 unspecified atom stereocenters. The highest BCUT2D eigenvalue weighted by atomic mass is 32.1. The van der Waals surface area contributed by atoms with Crippen molar-refractivity contribution in [2.24, 2.45) is 0 Å². The predicted molar refractivity (Wildman–Crippen MR) is 80.9 cm³/mol. The lowest BCUT2D eigenvalue weighted by atomic mass is 10.1. The third kappa shape index (κ3) is 4.15. The summed E-state index contributed by atoms with van der Waals surface area (Å²) in [6.07, 6.45) is 0.719. The van der Waals surface area contributed by atoms with Gasteiger partial charge < -0.3 is 10.1 Å². The van der Waals surface area contributed by atoms with Gasteiger partial charge >= 0.3 is 0 Å². The number of para-hydroxylation sites is 1. The fourth-order valence-corrected chi connectivity index (χ4v) is 2.30. The first kappa shape index (κ1) is 14.2. The third-order valence-corrected chi connectivity index (χ3v) is 3.48. The molecular weight excluding hydrogens is 270 g/mol. The molecule has 1 aromatic heterocycles. The van der Waals surface area contributed by atoms with Gasteiger partial charge in [-0.15, -0.1) is 11.3 Å². The summed E-state index contributed by atoms with van der Waals surface area (Å²) in [5.41, 5.74) is 1.07. The van der Waals surface area contributed by atoms with Crippen molar-refractivity contribution in [1.29, 1.82) is 0 Å². The van der Waals surface area contributed by atoms with Gasteiger partial charge in [0, 0.05) is 12.5 Å². The monoisotopic (exact) mass is 285 g/mol. The molecule has 1 aromatic carbocycles. The predicted octanol–water partition coefficient (Wildman–Crippen LogP) is 2.47. The maximum Gasteiger partial charge on any atom is 0.296 e. The molecule has 20 heavy (non-hydrogen) atoms. The van der Waals surface area contributed by atoms with E-state index in [-0.39, 0.29) is 5.91 Å². The average Bonchev–Trinajstić information content (AvgIpc) is 2.99. The Hall–Kier alpha value is -2.25. The van der Waals surface area contributed by atoms with Gasteiger partial charge in [-0.3, -0.25) is 4.79 Å². The molecular formula is C16H15NO2S. The molecule has 0 aliphatic carbocycles. The van der Waals surface area contributed by atoms with Gasteiger partial charge in [-0.2, -0.15) is 0 Å². The van der Waals surface area contributed by atoms with Crippen LogP contribution in [0.1, 0.15) is 10.4 Å². The van der Waals surface area contributed by atoms with Crippen molar-refractivity contribution in [3.8, 4) is 17.6 Å². The number of methoxy groups -OCH3 is 1. The molecule has 4 heteroatoms. The minimum atomic E-state index is -0.256. The molecule has 0 spiro atoms. The summed E-state index contributed by atoms with van der Waals surface area (Å²) in [6, 6.07) is 11.6. The second kappa shape index (κ2) is 7.37. The topological polar surface area (TPSA) is 38.3 Å². The lowest BCUT2D eigenvalue weighted by Crippen LogP contribution is -2.24. The first-order valence-electron chi connectivity index (χ1n) is 6.25. The first-order valence-corrected chi connectivity index (χ1v) is 7.13. The quantitative estimate of drug-likeness (QED) is 0.876. The van der Waals surface area contributed by atoms with Crippen molar-refractivity contribution < 1.29 is 9.53 Å². The summed E-state index contributed by atoms with van der Waals surface area (Å²) >= 11 is 1.52. The second-order valence-corrected chi connectivity index (χ2v) is 4.99. The van der Waals surface area contributed by atoms with Gasteiger partial charge in [0.05, 0.1) is 12.0 Å². The zero-order valence-electron chi connectivity index (χ0n) is 11.2. The van der Waals surface area contributed by atoms with E-state index in [0.717, 1.165) is 22.6 Å². The van der Waals surface area contributed by atoms with E-state index in [9.17, 15) is 4.79 Å². The normalized spacial score (nSPS) is 9.45. The molecule has 0 saturated carbocycles. The fraction of sp³-hybridized carbons (Fsp3) is 0.188. The number of ether oxygens (including phenoxy) is 1. The highest BCUT2D eigenvalue weighted by Gasteiger charge is 2.02. The molecule has 0 fully saturated rings. The lowest BCUT2D eigenvalue weighted by molar-refractivity contribution is -0.115. The first-order chi connectivity index (χ1) is 9.79. The molecule has 0 aliphatic rings. The van der Waals surface area contributed by atoms with Gasteiger partial charge in [-0.1, -0.05) is 24.3 Å². The summed E-state index contributed by atoms with van der Waals surface area (Å²) in [7, 11) is 1.64. The van der Waals surface area contributed by atoms with Crippen LogP contribution in [0.3, 0.4) is 0 Å². The number of benzene rings is 1. The zero-order chi connectivity index (χ0) is 14.2. The van der Waals surface area contributed by atoms with Crippen molar-refractivity contribution in [1.82, 2.24) is 5.32 Å². The van der Waals surface area contributed by atoms with Crippen molar-refractivity contribution in [2.75, 3.05) is 13.7 Å². The number of rotatable bonds is 4. The van der Waals surface area contributed by atoms with Crippen LogP contribution in [0.25, 0.3) is 0 Å². The van der Waals surface area contributed by atoms with Crippen molar-refractivity contribution >= 4 is 17.2 Å². The van der Waals surface area contributed by atoms with Crippen molar-refractivity contribution in [3.05, 3.63) is 52.2 Å². The fourth-order valence-electron chi connectivity index (χ4n) is 1.73. The summed E-state index contributed by atoms with van der Waals surface area (Å²) < 4.78 is 5.26. The van der Waals surface area contributed by atoms with Gasteiger partial charge in [0.2, 0.25) is 0 Å². The number of carbonyl (C=O) groups is 1. The van der Waals surface area contributed by atoms with Gasteiger partial charge in [0.25, 0.3) is 5.91 Å². The van der Waals surface area contributed by atoms with E-state index in [2.05, 4.69) is 17.2 Å². The van der Waals surface area contributed by atoms with E-state index < -0.39 is 0 Å². The Morgan fingerprint density at radius 3 is 2.90 bits per heavy atom. The van der Waals surface area contributed by atoms with Crippen LogP contribution in [-0.4, -0.2) is 19.6 Å². The second-order valence-electron chi connectivity index (χ2n) is 4.05. The number of hydrogen-bond donors (Lipinski definition) is 1. The molecule has 1 heterocycles. The van der Waals surface area contributed by atoms with E-state index in [1.807, 2.05) is 41.8 Å². The Kier molecular flexibility index (Phi) is 5.22. The van der Waals surface area contributed by atoms with E-state index >= 15 is 0 Å². The lowest BCUT2D eigenvalue weighted by Gasteiger charge is -2.07. The minimum Gasteiger partial charge on any atom is -0.496 e. The number of nitrogens with one attached hydrogen (secondary N) is 1.